The molecule has 0 heterocycles. The topological polar surface area (TPSA) is 111 Å². The van der Waals surface area contributed by atoms with Crippen LogP contribution >= 0.6 is 0 Å². The van der Waals surface area contributed by atoms with Crippen LogP contribution in [-0.2, 0) is 14.2 Å². The van der Waals surface area contributed by atoms with Crippen LogP contribution in [-0.4, -0.2) is 30.8 Å². The Balaban J connectivity index is 3.02. The summed E-state index contributed by atoms with van der Waals surface area (Å²) in [5, 5.41) is 17.9. The minimum atomic E-state index is -1.45. The van der Waals surface area contributed by atoms with Gasteiger partial charge < -0.3 is 4.65 Å². The predicted molar refractivity (Wildman–Crippen MR) is 68.7 cm³/mol. The highest BCUT2D eigenvalue weighted by atomic mass is 16.6. The van der Waals surface area contributed by atoms with Gasteiger partial charge in [0.1, 0.15) is 0 Å². The van der Waals surface area contributed by atoms with Gasteiger partial charge in [-0.15, -0.1) is 0 Å². The van der Waals surface area contributed by atoms with Crippen molar-refractivity contribution in [2.75, 3.05) is 0 Å². The molecule has 1 aromatic rings. The van der Waals surface area contributed by atoms with Gasteiger partial charge in [-0.05, 0) is 25.5 Å². The third-order valence-corrected chi connectivity index (χ3v) is 2.40. The van der Waals surface area contributed by atoms with Gasteiger partial charge in [0.15, 0.2) is 5.78 Å². The zero-order valence-corrected chi connectivity index (χ0v) is 10.8. The number of hydrogen-bond acceptors (Lipinski definition) is 7. The maximum Gasteiger partial charge on any atom is 0.378 e. The van der Waals surface area contributed by atoms with Crippen molar-refractivity contribution < 1.29 is 19.2 Å². The molecule has 0 fully saturated rings. The minimum absolute atomic E-state index is 0.0917. The van der Waals surface area contributed by atoms with Gasteiger partial charge in [-0.2, -0.15) is 10.2 Å². The minimum Gasteiger partial charge on any atom is -0.541 e. The molecule has 0 bridgehead atoms. The Labute approximate surface area is 115 Å². The average Bonchev–Trinajstić information content (AvgIpc) is 2.39. The summed E-state index contributed by atoms with van der Waals surface area (Å²) >= 11 is 0. The van der Waals surface area contributed by atoms with Gasteiger partial charge in [0, 0.05) is 12.1 Å². The van der Waals surface area contributed by atoms with Crippen LogP contribution in [0.5, 0.6) is 0 Å². The first kappa shape index (κ1) is 15.5. The molecule has 0 saturated carbocycles. The van der Waals surface area contributed by atoms with Gasteiger partial charge in [-0.3, -0.25) is 19.7 Å². The molecule has 2 radical (unpaired) electrons. The third kappa shape index (κ3) is 3.71. The van der Waals surface area contributed by atoms with E-state index in [0.717, 1.165) is 6.92 Å². The van der Waals surface area contributed by atoms with Gasteiger partial charge in [0.25, 0.3) is 5.69 Å². The highest BCUT2D eigenvalue weighted by molar-refractivity contribution is 6.11. The van der Waals surface area contributed by atoms with Crippen LogP contribution in [0.4, 0.5) is 11.4 Å². The van der Waals surface area contributed by atoms with Gasteiger partial charge in [0.2, 0.25) is 6.04 Å². The molecule has 1 atom stereocenters. The number of azo groups is 1. The second-order valence-electron chi connectivity index (χ2n) is 3.89. The number of nitro groups is 1. The summed E-state index contributed by atoms with van der Waals surface area (Å²) in [5.74, 6) is -1.61. The summed E-state index contributed by atoms with van der Waals surface area (Å²) in [7, 11) is 4.68. The summed E-state index contributed by atoms with van der Waals surface area (Å²) in [6.45, 7) is 2.73. The fourth-order valence-electron chi connectivity index (χ4n) is 1.34. The fourth-order valence-corrected chi connectivity index (χ4v) is 1.34. The van der Waals surface area contributed by atoms with Crippen molar-refractivity contribution in [1.82, 2.24) is 0 Å². The second-order valence-corrected chi connectivity index (χ2v) is 3.89. The number of nitrogens with zero attached hydrogens (tertiary/aromatic N) is 3. The normalized spacial score (nSPS) is 12.1. The smallest absolute Gasteiger partial charge is 0.378 e. The number of rotatable bonds is 5. The maximum atomic E-state index is 11.2. The molecule has 20 heavy (non-hydrogen) atoms. The maximum absolute atomic E-state index is 11.2. The number of carbonyl (C=O) groups is 2. The molecule has 0 aliphatic carbocycles. The molecule has 0 aliphatic heterocycles. The van der Waals surface area contributed by atoms with Crippen molar-refractivity contribution >= 4 is 31.2 Å². The molecule has 0 N–H and O–H groups in total. The summed E-state index contributed by atoms with van der Waals surface area (Å²) < 4.78 is 3.94. The molecule has 0 aromatic heterocycles. The Kier molecular flexibility index (Phi) is 5.07. The fraction of sp³-hybridized carbons (Fsp3) is 0.273. The van der Waals surface area contributed by atoms with Crippen LogP contribution in [0.3, 0.4) is 0 Å². The van der Waals surface area contributed by atoms with Gasteiger partial charge in [-0.25, -0.2) is 0 Å². The second kappa shape index (κ2) is 6.55. The Bertz CT molecular complexity index is 587. The highest BCUT2D eigenvalue weighted by Crippen LogP contribution is 2.24. The Morgan fingerprint density at radius 2 is 2.10 bits per heavy atom. The molecule has 0 saturated heterocycles. The largest absolute Gasteiger partial charge is 0.541 e. The van der Waals surface area contributed by atoms with Gasteiger partial charge in [-0.1, -0.05) is 0 Å². The SMILES string of the molecule is [B]OC(=O)C(N=Nc1ccc([N+](=O)[O-])cc1C)C(C)=O. The van der Waals surface area contributed by atoms with E-state index in [1.807, 2.05) is 0 Å². The molecular weight excluding hydrogens is 265 g/mol. The van der Waals surface area contributed by atoms with Crippen molar-refractivity contribution in [3.05, 3.63) is 33.9 Å². The first-order valence-electron chi connectivity index (χ1n) is 5.43. The molecule has 1 unspecified atom stereocenters. The van der Waals surface area contributed by atoms with E-state index >= 15 is 0 Å². The Morgan fingerprint density at radius 1 is 1.45 bits per heavy atom. The van der Waals surface area contributed by atoms with Crippen LogP contribution in [0, 0.1) is 17.0 Å². The average molecular weight is 275 g/mol. The summed E-state index contributed by atoms with van der Waals surface area (Å²) in [6.07, 6.45) is 0. The first-order valence-corrected chi connectivity index (χ1v) is 5.43. The number of Topliss-reactive ketones (excluding diaryl/α,β-unsaturated/α-hetero) is 1. The van der Waals surface area contributed by atoms with E-state index in [-0.39, 0.29) is 5.69 Å². The first-order chi connectivity index (χ1) is 9.36. The van der Waals surface area contributed by atoms with Crippen LogP contribution in [0.25, 0.3) is 0 Å². The number of nitro benzene ring substituents is 1. The molecule has 9 heteroatoms. The quantitative estimate of drug-likeness (QED) is 0.266. The molecule has 0 aliphatic rings. The molecule has 1 rings (SSSR count). The Hall–Kier alpha value is -2.58. The van der Waals surface area contributed by atoms with Crippen molar-refractivity contribution in [3.8, 4) is 0 Å². The zero-order valence-electron chi connectivity index (χ0n) is 10.8. The highest BCUT2D eigenvalue weighted by Gasteiger charge is 2.23. The van der Waals surface area contributed by atoms with E-state index in [1.165, 1.54) is 18.2 Å². The molecule has 1 aromatic carbocycles. The van der Waals surface area contributed by atoms with E-state index in [1.54, 1.807) is 6.92 Å². The Morgan fingerprint density at radius 3 is 2.55 bits per heavy atom. The van der Waals surface area contributed by atoms with Gasteiger partial charge in [0.05, 0.1) is 10.6 Å². The van der Waals surface area contributed by atoms with Gasteiger partial charge >= 0.3 is 14.0 Å². The van der Waals surface area contributed by atoms with E-state index in [4.69, 9.17) is 0 Å². The zero-order chi connectivity index (χ0) is 15.3. The number of carbonyl (C=O) groups excluding carboxylic acids is 2. The number of hydrogen-bond donors (Lipinski definition) is 0. The lowest BCUT2D eigenvalue weighted by Crippen LogP contribution is -2.27. The molecular formula is C11H10BN3O5. The lowest BCUT2D eigenvalue weighted by atomic mass is 10.2. The molecule has 0 spiro atoms. The number of ketones is 1. The van der Waals surface area contributed by atoms with Crippen LogP contribution in [0.15, 0.2) is 28.4 Å². The summed E-state index contributed by atoms with van der Waals surface area (Å²) in [6, 6.07) is 2.46. The number of aryl methyl sites for hydroxylation is 1. The van der Waals surface area contributed by atoms with E-state index < -0.39 is 22.7 Å². The third-order valence-electron chi connectivity index (χ3n) is 2.40. The van der Waals surface area contributed by atoms with Crippen molar-refractivity contribution in [2.45, 2.75) is 19.9 Å². The van der Waals surface area contributed by atoms with E-state index in [9.17, 15) is 19.7 Å². The molecule has 0 amide bonds. The summed E-state index contributed by atoms with van der Waals surface area (Å²) in [4.78, 5) is 32.4. The van der Waals surface area contributed by atoms with E-state index in [2.05, 4.69) is 22.9 Å². The predicted octanol–water partition coefficient (Wildman–Crippen LogP) is 1.57. The van der Waals surface area contributed by atoms with Crippen molar-refractivity contribution in [3.63, 3.8) is 0 Å². The monoisotopic (exact) mass is 275 g/mol. The summed E-state index contributed by atoms with van der Waals surface area (Å²) in [5.41, 5.74) is 0.684. The lowest BCUT2D eigenvalue weighted by molar-refractivity contribution is -0.384. The van der Waals surface area contributed by atoms with Crippen molar-refractivity contribution in [2.24, 2.45) is 10.2 Å². The van der Waals surface area contributed by atoms with Crippen LogP contribution < -0.4 is 0 Å². The van der Waals surface area contributed by atoms with Crippen LogP contribution in [0.2, 0.25) is 0 Å². The number of non-ortho nitro benzene ring substituents is 1. The van der Waals surface area contributed by atoms with E-state index in [0.29, 0.717) is 11.3 Å². The number of benzene rings is 1. The standard InChI is InChI=1S/C11H10BN3O5/c1-6-5-8(15(18)19)3-4-9(6)13-14-10(7(2)16)11(17)20-12/h3-5,10H,1-2H3. The lowest BCUT2D eigenvalue weighted by Gasteiger charge is -2.05. The van der Waals surface area contributed by atoms with Crippen molar-refractivity contribution in [1.29, 1.82) is 0 Å². The molecule has 8 nitrogen and oxygen atoms in total. The van der Waals surface area contributed by atoms with Crippen LogP contribution in [0.1, 0.15) is 12.5 Å². The molecule has 102 valence electrons.